The van der Waals surface area contributed by atoms with E-state index in [2.05, 4.69) is 5.32 Å². The zero-order chi connectivity index (χ0) is 17.8. The van der Waals surface area contributed by atoms with Gasteiger partial charge in [-0.2, -0.15) is 0 Å². The van der Waals surface area contributed by atoms with E-state index >= 15 is 0 Å². The molecule has 0 aromatic heterocycles. The molecule has 1 heterocycles. The summed E-state index contributed by atoms with van der Waals surface area (Å²) in [7, 11) is 1.61. The second-order valence-corrected chi connectivity index (χ2v) is 6.25. The van der Waals surface area contributed by atoms with Gasteiger partial charge in [-0.3, -0.25) is 9.59 Å². The first kappa shape index (κ1) is 17.0. The van der Waals surface area contributed by atoms with E-state index in [0.29, 0.717) is 6.54 Å². The molecule has 0 saturated heterocycles. The molecule has 0 spiro atoms. The van der Waals surface area contributed by atoms with Gasteiger partial charge in [0.15, 0.2) is 0 Å². The minimum atomic E-state index is -0.0764. The zero-order valence-corrected chi connectivity index (χ0v) is 14.5. The molecule has 0 atom stereocenters. The fourth-order valence-corrected chi connectivity index (χ4v) is 3.08. The Morgan fingerprint density at radius 2 is 2.00 bits per heavy atom. The van der Waals surface area contributed by atoms with Crippen molar-refractivity contribution in [3.63, 3.8) is 0 Å². The van der Waals surface area contributed by atoms with Crippen molar-refractivity contribution in [2.45, 2.75) is 26.3 Å². The average molecular weight is 338 g/mol. The van der Waals surface area contributed by atoms with Crippen LogP contribution in [-0.2, 0) is 29.0 Å². The first-order valence-corrected chi connectivity index (χ1v) is 8.35. The predicted octanol–water partition coefficient (Wildman–Crippen LogP) is 2.78. The molecule has 25 heavy (non-hydrogen) atoms. The number of nitrogens with zero attached hydrogens (tertiary/aromatic N) is 1. The Balaban J connectivity index is 1.67. The van der Waals surface area contributed by atoms with Crippen LogP contribution in [0, 0.1) is 0 Å². The molecule has 2 aromatic carbocycles. The number of hydrogen-bond donors (Lipinski definition) is 1. The molecule has 2 aromatic rings. The summed E-state index contributed by atoms with van der Waals surface area (Å²) >= 11 is 0. The quantitative estimate of drug-likeness (QED) is 0.932. The lowest BCUT2D eigenvalue weighted by molar-refractivity contribution is -0.129. The number of methoxy groups -OCH3 is 1. The van der Waals surface area contributed by atoms with E-state index in [-0.39, 0.29) is 18.2 Å². The lowest BCUT2D eigenvalue weighted by Crippen LogP contribution is -2.34. The number of hydrogen-bond acceptors (Lipinski definition) is 3. The number of carbonyl (C=O) groups excluding carboxylic acids is 2. The molecule has 0 unspecified atom stereocenters. The zero-order valence-electron chi connectivity index (χ0n) is 14.5. The Labute approximate surface area is 147 Å². The molecule has 3 rings (SSSR count). The summed E-state index contributed by atoms with van der Waals surface area (Å²) in [6.07, 6.45) is 1.14. The van der Waals surface area contributed by atoms with Gasteiger partial charge in [0.2, 0.25) is 11.8 Å². The van der Waals surface area contributed by atoms with E-state index in [1.165, 1.54) is 5.56 Å². The predicted molar refractivity (Wildman–Crippen MR) is 96.6 cm³/mol. The van der Waals surface area contributed by atoms with Crippen molar-refractivity contribution >= 4 is 17.5 Å². The molecule has 5 heteroatoms. The molecular weight excluding hydrogens is 316 g/mol. The second-order valence-electron chi connectivity index (χ2n) is 6.25. The molecule has 0 saturated carbocycles. The van der Waals surface area contributed by atoms with Gasteiger partial charge < -0.3 is 15.0 Å². The monoisotopic (exact) mass is 338 g/mol. The molecule has 0 radical (unpaired) electrons. The van der Waals surface area contributed by atoms with Gasteiger partial charge in [-0.25, -0.2) is 0 Å². The molecular formula is C20H22N2O3. The summed E-state index contributed by atoms with van der Waals surface area (Å²) in [6, 6.07) is 13.4. The highest BCUT2D eigenvalue weighted by Gasteiger charge is 2.18. The maximum atomic E-state index is 12.3. The minimum Gasteiger partial charge on any atom is -0.497 e. The molecule has 0 fully saturated rings. The van der Waals surface area contributed by atoms with Crippen LogP contribution in [-0.4, -0.2) is 30.4 Å². The van der Waals surface area contributed by atoms with Crippen LogP contribution in [0.3, 0.4) is 0 Å². The summed E-state index contributed by atoms with van der Waals surface area (Å²) in [4.78, 5) is 25.7. The number of anilines is 1. The standard InChI is InChI=1S/C20H22N2O3/c1-14(23)22-9-8-16-6-7-18(12-17(16)13-22)21-20(24)11-15-4-3-5-19(10-15)25-2/h3-7,10,12H,8-9,11,13H2,1-2H3,(H,21,24). The van der Waals surface area contributed by atoms with Crippen LogP contribution in [0.2, 0.25) is 0 Å². The fraction of sp³-hybridized carbons (Fsp3) is 0.300. The topological polar surface area (TPSA) is 58.6 Å². The van der Waals surface area contributed by atoms with Crippen molar-refractivity contribution in [3.05, 3.63) is 59.2 Å². The van der Waals surface area contributed by atoms with Crippen molar-refractivity contribution in [1.82, 2.24) is 4.90 Å². The number of nitrogens with one attached hydrogen (secondary N) is 1. The van der Waals surface area contributed by atoms with Gasteiger partial charge in [-0.15, -0.1) is 0 Å². The number of benzene rings is 2. The van der Waals surface area contributed by atoms with E-state index in [9.17, 15) is 9.59 Å². The number of carbonyl (C=O) groups is 2. The fourth-order valence-electron chi connectivity index (χ4n) is 3.08. The van der Waals surface area contributed by atoms with Crippen LogP contribution in [0.15, 0.2) is 42.5 Å². The molecule has 130 valence electrons. The Bertz CT molecular complexity index is 801. The van der Waals surface area contributed by atoms with Crippen molar-refractivity contribution in [2.24, 2.45) is 0 Å². The van der Waals surface area contributed by atoms with Crippen LogP contribution in [0.4, 0.5) is 5.69 Å². The highest BCUT2D eigenvalue weighted by atomic mass is 16.5. The normalized spacial score (nSPS) is 13.1. The highest BCUT2D eigenvalue weighted by molar-refractivity contribution is 5.92. The third-order valence-electron chi connectivity index (χ3n) is 4.45. The van der Waals surface area contributed by atoms with E-state index < -0.39 is 0 Å². The Morgan fingerprint density at radius 1 is 1.16 bits per heavy atom. The summed E-state index contributed by atoms with van der Waals surface area (Å²) in [5.74, 6) is 0.744. The second kappa shape index (κ2) is 7.38. The van der Waals surface area contributed by atoms with E-state index in [0.717, 1.165) is 35.5 Å². The summed E-state index contributed by atoms with van der Waals surface area (Å²) in [6.45, 7) is 2.94. The number of fused-ring (bicyclic) bond motifs is 1. The Hall–Kier alpha value is -2.82. The average Bonchev–Trinajstić information content (AvgIpc) is 2.61. The van der Waals surface area contributed by atoms with Gasteiger partial charge >= 0.3 is 0 Å². The highest BCUT2D eigenvalue weighted by Crippen LogP contribution is 2.23. The molecule has 1 aliphatic heterocycles. The summed E-state index contributed by atoms with van der Waals surface area (Å²) in [5, 5.41) is 2.94. The number of ether oxygens (including phenoxy) is 1. The SMILES string of the molecule is COc1cccc(CC(=O)Nc2ccc3c(c2)CN(C(C)=O)CC3)c1. The smallest absolute Gasteiger partial charge is 0.228 e. The van der Waals surface area contributed by atoms with Gasteiger partial charge in [0, 0.05) is 25.7 Å². The van der Waals surface area contributed by atoms with E-state index in [4.69, 9.17) is 4.74 Å². The van der Waals surface area contributed by atoms with Gasteiger partial charge in [0.05, 0.1) is 13.5 Å². The van der Waals surface area contributed by atoms with E-state index in [1.54, 1.807) is 14.0 Å². The summed E-state index contributed by atoms with van der Waals surface area (Å²) in [5.41, 5.74) is 4.00. The Morgan fingerprint density at radius 3 is 2.76 bits per heavy atom. The van der Waals surface area contributed by atoms with Crippen LogP contribution in [0.25, 0.3) is 0 Å². The van der Waals surface area contributed by atoms with Gasteiger partial charge in [0.1, 0.15) is 5.75 Å². The maximum Gasteiger partial charge on any atom is 0.228 e. The molecule has 1 N–H and O–H groups in total. The van der Waals surface area contributed by atoms with Crippen molar-refractivity contribution in [3.8, 4) is 5.75 Å². The van der Waals surface area contributed by atoms with Crippen LogP contribution in [0.1, 0.15) is 23.6 Å². The first-order chi connectivity index (χ1) is 12.0. The maximum absolute atomic E-state index is 12.3. The van der Waals surface area contributed by atoms with Gasteiger partial charge in [-0.05, 0) is 47.4 Å². The number of rotatable bonds is 4. The third-order valence-corrected chi connectivity index (χ3v) is 4.45. The first-order valence-electron chi connectivity index (χ1n) is 8.35. The lowest BCUT2D eigenvalue weighted by Gasteiger charge is -2.28. The minimum absolute atomic E-state index is 0.0764. The van der Waals surface area contributed by atoms with Crippen molar-refractivity contribution in [2.75, 3.05) is 19.0 Å². The molecule has 1 aliphatic rings. The molecule has 5 nitrogen and oxygen atoms in total. The van der Waals surface area contributed by atoms with Crippen LogP contribution in [0.5, 0.6) is 5.75 Å². The van der Waals surface area contributed by atoms with Crippen molar-refractivity contribution < 1.29 is 14.3 Å². The lowest BCUT2D eigenvalue weighted by atomic mass is 9.99. The van der Waals surface area contributed by atoms with Gasteiger partial charge in [-0.1, -0.05) is 18.2 Å². The van der Waals surface area contributed by atoms with Crippen LogP contribution < -0.4 is 10.1 Å². The number of amides is 2. The Kier molecular flexibility index (Phi) is 5.03. The van der Waals surface area contributed by atoms with Crippen molar-refractivity contribution in [1.29, 1.82) is 0 Å². The van der Waals surface area contributed by atoms with Crippen LogP contribution >= 0.6 is 0 Å². The third kappa shape index (κ3) is 4.18. The van der Waals surface area contributed by atoms with E-state index in [1.807, 2.05) is 47.4 Å². The largest absolute Gasteiger partial charge is 0.497 e. The van der Waals surface area contributed by atoms with Gasteiger partial charge in [0.25, 0.3) is 0 Å². The molecule has 0 bridgehead atoms. The summed E-state index contributed by atoms with van der Waals surface area (Å²) < 4.78 is 5.18. The molecule has 2 amide bonds. The molecule has 0 aliphatic carbocycles.